The third-order valence-electron chi connectivity index (χ3n) is 3.67. The number of anilines is 2. The number of hydrogen-bond acceptors (Lipinski definition) is 1. The van der Waals surface area contributed by atoms with Crippen molar-refractivity contribution in [3.63, 3.8) is 0 Å². The van der Waals surface area contributed by atoms with Crippen molar-refractivity contribution in [3.8, 4) is 0 Å². The van der Waals surface area contributed by atoms with Gasteiger partial charge in [-0.3, -0.25) is 0 Å². The standard InChI is InChI=1S/C19H24N2S/c1-13(2)15-5-9-17(10-6-15)20-19(22)21-18-11-7-16(8-12-18)14(3)4/h5-14H,1-4H3,(H2,20,21,22). The summed E-state index contributed by atoms with van der Waals surface area (Å²) in [6.45, 7) is 8.76. The van der Waals surface area contributed by atoms with Gasteiger partial charge in [-0.25, -0.2) is 0 Å². The second kappa shape index (κ2) is 7.41. The fourth-order valence-electron chi connectivity index (χ4n) is 2.20. The van der Waals surface area contributed by atoms with Crippen molar-refractivity contribution >= 4 is 28.7 Å². The molecule has 22 heavy (non-hydrogen) atoms. The molecule has 2 nitrogen and oxygen atoms in total. The Balaban J connectivity index is 1.94. The summed E-state index contributed by atoms with van der Waals surface area (Å²) in [6.07, 6.45) is 0. The number of hydrogen-bond donors (Lipinski definition) is 2. The van der Waals surface area contributed by atoms with Crippen LogP contribution >= 0.6 is 12.2 Å². The van der Waals surface area contributed by atoms with Crippen LogP contribution in [-0.4, -0.2) is 5.11 Å². The van der Waals surface area contributed by atoms with E-state index in [1.165, 1.54) is 11.1 Å². The lowest BCUT2D eigenvalue weighted by atomic mass is 10.0. The Labute approximate surface area is 139 Å². The van der Waals surface area contributed by atoms with E-state index in [-0.39, 0.29) is 0 Å². The molecule has 0 unspecified atom stereocenters. The molecule has 0 amide bonds. The molecule has 2 aromatic carbocycles. The molecule has 2 N–H and O–H groups in total. The molecule has 2 aromatic rings. The van der Waals surface area contributed by atoms with Gasteiger partial charge < -0.3 is 10.6 Å². The molecule has 0 bridgehead atoms. The quantitative estimate of drug-likeness (QED) is 0.704. The molecule has 0 spiro atoms. The van der Waals surface area contributed by atoms with Crippen LogP contribution in [0.5, 0.6) is 0 Å². The summed E-state index contributed by atoms with van der Waals surface area (Å²) < 4.78 is 0. The van der Waals surface area contributed by atoms with Crippen LogP contribution in [0.1, 0.15) is 50.7 Å². The molecule has 0 fully saturated rings. The molecular weight excluding hydrogens is 288 g/mol. The SMILES string of the molecule is CC(C)c1ccc(NC(=S)Nc2ccc(C(C)C)cc2)cc1. The van der Waals surface area contributed by atoms with Gasteiger partial charge in [0.2, 0.25) is 0 Å². The highest BCUT2D eigenvalue weighted by Crippen LogP contribution is 2.19. The van der Waals surface area contributed by atoms with Crippen LogP contribution < -0.4 is 10.6 Å². The zero-order valence-electron chi connectivity index (χ0n) is 13.7. The largest absolute Gasteiger partial charge is 0.332 e. The fraction of sp³-hybridized carbons (Fsp3) is 0.316. The molecule has 116 valence electrons. The first-order valence-corrected chi connectivity index (χ1v) is 8.14. The third kappa shape index (κ3) is 4.57. The Hall–Kier alpha value is -1.87. The van der Waals surface area contributed by atoms with E-state index in [1.807, 2.05) is 0 Å². The van der Waals surface area contributed by atoms with Gasteiger partial charge in [-0.05, 0) is 59.4 Å². The lowest BCUT2D eigenvalue weighted by Gasteiger charge is -2.13. The smallest absolute Gasteiger partial charge is 0.175 e. The van der Waals surface area contributed by atoms with Crippen LogP contribution in [0.25, 0.3) is 0 Å². The van der Waals surface area contributed by atoms with Crippen molar-refractivity contribution < 1.29 is 0 Å². The average molecular weight is 312 g/mol. The average Bonchev–Trinajstić information content (AvgIpc) is 2.48. The van der Waals surface area contributed by atoms with E-state index in [4.69, 9.17) is 12.2 Å². The van der Waals surface area contributed by atoms with E-state index < -0.39 is 0 Å². The highest BCUT2D eigenvalue weighted by molar-refractivity contribution is 7.80. The first-order valence-electron chi connectivity index (χ1n) is 7.73. The molecule has 3 heteroatoms. The third-order valence-corrected chi connectivity index (χ3v) is 3.87. The van der Waals surface area contributed by atoms with Gasteiger partial charge in [0.1, 0.15) is 0 Å². The molecule has 0 saturated heterocycles. The van der Waals surface area contributed by atoms with Crippen molar-refractivity contribution in [1.82, 2.24) is 0 Å². The summed E-state index contributed by atoms with van der Waals surface area (Å²) in [5.41, 5.74) is 4.66. The van der Waals surface area contributed by atoms with Gasteiger partial charge in [0.25, 0.3) is 0 Å². The minimum Gasteiger partial charge on any atom is -0.332 e. The maximum atomic E-state index is 5.36. The highest BCUT2D eigenvalue weighted by atomic mass is 32.1. The Morgan fingerprint density at radius 3 is 1.27 bits per heavy atom. The highest BCUT2D eigenvalue weighted by Gasteiger charge is 2.02. The molecule has 0 aromatic heterocycles. The maximum absolute atomic E-state index is 5.36. The van der Waals surface area contributed by atoms with Crippen LogP contribution in [0.4, 0.5) is 11.4 Å². The number of rotatable bonds is 4. The first kappa shape index (κ1) is 16.5. The molecular formula is C19H24N2S. The zero-order valence-corrected chi connectivity index (χ0v) is 14.5. The van der Waals surface area contributed by atoms with Crippen molar-refractivity contribution in [2.24, 2.45) is 0 Å². The van der Waals surface area contributed by atoms with Gasteiger partial charge in [-0.2, -0.15) is 0 Å². The Morgan fingerprint density at radius 2 is 1.00 bits per heavy atom. The van der Waals surface area contributed by atoms with Crippen molar-refractivity contribution in [2.45, 2.75) is 39.5 Å². The molecule has 0 heterocycles. The summed E-state index contributed by atoms with van der Waals surface area (Å²) in [7, 11) is 0. The zero-order chi connectivity index (χ0) is 16.1. The van der Waals surface area contributed by atoms with Gasteiger partial charge in [0.05, 0.1) is 0 Å². The van der Waals surface area contributed by atoms with E-state index in [9.17, 15) is 0 Å². The Morgan fingerprint density at radius 1 is 0.682 bits per heavy atom. The minimum atomic E-state index is 0.540. The molecule has 0 aliphatic heterocycles. The van der Waals surface area contributed by atoms with Crippen molar-refractivity contribution in [1.29, 1.82) is 0 Å². The molecule has 0 aliphatic rings. The summed E-state index contributed by atoms with van der Waals surface area (Å²) in [5.74, 6) is 1.08. The van der Waals surface area contributed by atoms with E-state index in [0.29, 0.717) is 16.9 Å². The Kier molecular flexibility index (Phi) is 5.56. The maximum Gasteiger partial charge on any atom is 0.175 e. The number of benzene rings is 2. The predicted molar refractivity (Wildman–Crippen MR) is 101 cm³/mol. The van der Waals surface area contributed by atoms with E-state index in [2.05, 4.69) is 86.9 Å². The van der Waals surface area contributed by atoms with Crippen molar-refractivity contribution in [2.75, 3.05) is 10.6 Å². The second-order valence-electron chi connectivity index (χ2n) is 6.13. The van der Waals surface area contributed by atoms with Crippen LogP contribution in [-0.2, 0) is 0 Å². The Bertz CT molecular complexity index is 557. The van der Waals surface area contributed by atoms with Gasteiger partial charge in [-0.1, -0.05) is 52.0 Å². The monoisotopic (exact) mass is 312 g/mol. The summed E-state index contributed by atoms with van der Waals surface area (Å²) in [6, 6.07) is 16.8. The summed E-state index contributed by atoms with van der Waals surface area (Å²) >= 11 is 5.36. The molecule has 0 radical (unpaired) electrons. The van der Waals surface area contributed by atoms with Gasteiger partial charge in [0, 0.05) is 11.4 Å². The van der Waals surface area contributed by atoms with E-state index in [1.54, 1.807) is 0 Å². The summed E-state index contributed by atoms with van der Waals surface area (Å²) in [5, 5.41) is 7.03. The number of thiocarbonyl (C=S) groups is 1. The minimum absolute atomic E-state index is 0.540. The van der Waals surface area contributed by atoms with Crippen molar-refractivity contribution in [3.05, 3.63) is 59.7 Å². The van der Waals surface area contributed by atoms with E-state index in [0.717, 1.165) is 11.4 Å². The van der Waals surface area contributed by atoms with Crippen LogP contribution in [0.3, 0.4) is 0 Å². The molecule has 0 aliphatic carbocycles. The lowest BCUT2D eigenvalue weighted by molar-refractivity contribution is 0.867. The number of nitrogens with one attached hydrogen (secondary N) is 2. The van der Waals surface area contributed by atoms with E-state index >= 15 is 0 Å². The topological polar surface area (TPSA) is 24.1 Å². The second-order valence-corrected chi connectivity index (χ2v) is 6.54. The molecule has 2 rings (SSSR count). The normalized spacial score (nSPS) is 10.8. The molecule has 0 saturated carbocycles. The molecule has 0 atom stereocenters. The van der Waals surface area contributed by atoms with Crippen LogP contribution in [0.15, 0.2) is 48.5 Å². The van der Waals surface area contributed by atoms with Crippen LogP contribution in [0.2, 0.25) is 0 Å². The fourth-order valence-corrected chi connectivity index (χ4v) is 2.43. The summed E-state index contributed by atoms with van der Waals surface area (Å²) in [4.78, 5) is 0. The lowest BCUT2D eigenvalue weighted by Crippen LogP contribution is -2.19. The first-order chi connectivity index (χ1) is 10.5. The van der Waals surface area contributed by atoms with Gasteiger partial charge in [-0.15, -0.1) is 0 Å². The van der Waals surface area contributed by atoms with Crippen LogP contribution in [0, 0.1) is 0 Å². The predicted octanol–water partition coefficient (Wildman–Crippen LogP) is 5.74. The van der Waals surface area contributed by atoms with Gasteiger partial charge >= 0.3 is 0 Å². The van der Waals surface area contributed by atoms with Gasteiger partial charge in [0.15, 0.2) is 5.11 Å².